The molecule has 1 heterocycles. The van der Waals surface area contributed by atoms with E-state index in [4.69, 9.17) is 4.52 Å². The van der Waals surface area contributed by atoms with Gasteiger partial charge in [-0.15, -0.1) is 0 Å². The normalized spacial score (nSPS) is 15.8. The largest absolute Gasteiger partial charge is 0.507 e. The summed E-state index contributed by atoms with van der Waals surface area (Å²) in [6.07, 6.45) is 5.06. The molecule has 106 valence electrons. The van der Waals surface area contributed by atoms with Crippen molar-refractivity contribution in [1.82, 2.24) is 10.1 Å². The number of nitrogens with zero attached hydrogens (tertiary/aromatic N) is 2. The van der Waals surface area contributed by atoms with E-state index in [0.29, 0.717) is 16.8 Å². The molecule has 0 saturated heterocycles. The summed E-state index contributed by atoms with van der Waals surface area (Å²) in [6, 6.07) is 4.09. The third-order valence-electron chi connectivity index (χ3n) is 3.42. The number of thioether (sulfide) groups is 1. The molecule has 2 aromatic rings. The highest BCUT2D eigenvalue weighted by Gasteiger charge is 2.19. The van der Waals surface area contributed by atoms with Crippen molar-refractivity contribution in [1.29, 1.82) is 0 Å². The Morgan fingerprint density at radius 3 is 2.90 bits per heavy atom. The van der Waals surface area contributed by atoms with E-state index in [9.17, 15) is 9.50 Å². The van der Waals surface area contributed by atoms with Crippen LogP contribution in [0.3, 0.4) is 0 Å². The van der Waals surface area contributed by atoms with Gasteiger partial charge in [-0.2, -0.15) is 16.7 Å². The van der Waals surface area contributed by atoms with Crippen molar-refractivity contribution in [3.05, 3.63) is 29.8 Å². The molecule has 0 radical (unpaired) electrons. The summed E-state index contributed by atoms with van der Waals surface area (Å²) in [5.41, 5.74) is -0.0304. The summed E-state index contributed by atoms with van der Waals surface area (Å²) in [6.45, 7) is 0. The van der Waals surface area contributed by atoms with E-state index in [2.05, 4.69) is 10.1 Å². The van der Waals surface area contributed by atoms with Crippen molar-refractivity contribution in [2.45, 2.75) is 36.7 Å². The van der Waals surface area contributed by atoms with Gasteiger partial charge in [-0.1, -0.05) is 24.1 Å². The van der Waals surface area contributed by atoms with E-state index in [-0.39, 0.29) is 17.2 Å². The van der Waals surface area contributed by atoms with Gasteiger partial charge >= 0.3 is 0 Å². The number of phenols is 1. The number of halogens is 1. The number of aromatic nitrogens is 2. The lowest BCUT2D eigenvalue weighted by atomic mass is 10.2. The lowest BCUT2D eigenvalue weighted by molar-refractivity contribution is 0.415. The average molecular weight is 294 g/mol. The third kappa shape index (κ3) is 2.80. The standard InChI is InChI=1S/C14H15FN2O2S/c15-10-6-3-7-11(18)13(10)14-16-12(17-19-14)8-20-9-4-1-2-5-9/h3,6-7,9,18H,1-2,4-5,8H2. The first kappa shape index (κ1) is 13.4. The first-order valence-corrected chi connectivity index (χ1v) is 7.71. The molecule has 0 spiro atoms. The molecular formula is C14H15FN2O2S. The fourth-order valence-electron chi connectivity index (χ4n) is 2.39. The highest BCUT2D eigenvalue weighted by Crippen LogP contribution is 2.33. The van der Waals surface area contributed by atoms with Crippen LogP contribution in [-0.4, -0.2) is 20.5 Å². The molecule has 0 unspecified atom stereocenters. The second kappa shape index (κ2) is 5.83. The van der Waals surface area contributed by atoms with Crippen LogP contribution in [0.25, 0.3) is 11.5 Å². The summed E-state index contributed by atoms with van der Waals surface area (Å²) in [4.78, 5) is 4.16. The topological polar surface area (TPSA) is 59.2 Å². The van der Waals surface area contributed by atoms with Gasteiger partial charge in [0, 0.05) is 5.25 Å². The highest BCUT2D eigenvalue weighted by atomic mass is 32.2. The van der Waals surface area contributed by atoms with E-state index in [1.54, 1.807) is 0 Å². The van der Waals surface area contributed by atoms with Gasteiger partial charge in [0.2, 0.25) is 0 Å². The minimum absolute atomic E-state index is 0.0302. The minimum Gasteiger partial charge on any atom is -0.507 e. The average Bonchev–Trinajstić information content (AvgIpc) is 3.07. The Labute approximate surface area is 120 Å². The highest BCUT2D eigenvalue weighted by molar-refractivity contribution is 7.99. The molecular weight excluding hydrogens is 279 g/mol. The van der Waals surface area contributed by atoms with E-state index in [1.807, 2.05) is 11.8 Å². The summed E-state index contributed by atoms with van der Waals surface area (Å²) in [5, 5.41) is 14.2. The zero-order valence-electron chi connectivity index (χ0n) is 10.9. The summed E-state index contributed by atoms with van der Waals surface area (Å²) in [5.74, 6) is 0.470. The molecule has 1 fully saturated rings. The molecule has 1 aromatic heterocycles. The third-order valence-corrected chi connectivity index (χ3v) is 4.79. The molecule has 0 amide bonds. The number of benzene rings is 1. The number of phenolic OH excluding ortho intramolecular Hbond substituents is 1. The fraction of sp³-hybridized carbons (Fsp3) is 0.429. The summed E-state index contributed by atoms with van der Waals surface area (Å²) < 4.78 is 18.7. The molecule has 1 saturated carbocycles. The zero-order valence-corrected chi connectivity index (χ0v) is 11.7. The second-order valence-electron chi connectivity index (χ2n) is 4.87. The van der Waals surface area contributed by atoms with Crippen LogP contribution in [0.15, 0.2) is 22.7 Å². The molecule has 3 rings (SSSR count). The van der Waals surface area contributed by atoms with E-state index >= 15 is 0 Å². The Bertz CT molecular complexity index is 576. The van der Waals surface area contributed by atoms with Gasteiger partial charge in [-0.25, -0.2) is 4.39 Å². The molecule has 20 heavy (non-hydrogen) atoms. The smallest absolute Gasteiger partial charge is 0.264 e. The SMILES string of the molecule is Oc1cccc(F)c1-c1nc(CSC2CCCC2)no1. The maximum atomic E-state index is 13.7. The zero-order chi connectivity index (χ0) is 13.9. The van der Waals surface area contributed by atoms with Crippen molar-refractivity contribution in [3.8, 4) is 17.2 Å². The number of aromatic hydroxyl groups is 1. The van der Waals surface area contributed by atoms with Crippen LogP contribution in [0, 0.1) is 5.82 Å². The predicted octanol–water partition coefficient (Wildman–Crippen LogP) is 3.76. The van der Waals surface area contributed by atoms with Crippen molar-refractivity contribution in [2.24, 2.45) is 0 Å². The van der Waals surface area contributed by atoms with Gasteiger partial charge in [-0.05, 0) is 25.0 Å². The van der Waals surface area contributed by atoms with Gasteiger partial charge in [0.1, 0.15) is 17.1 Å². The van der Waals surface area contributed by atoms with E-state index in [0.717, 1.165) is 0 Å². The quantitative estimate of drug-likeness (QED) is 0.930. The molecule has 0 atom stereocenters. The predicted molar refractivity (Wildman–Crippen MR) is 74.9 cm³/mol. The van der Waals surface area contributed by atoms with Crippen LogP contribution in [-0.2, 0) is 5.75 Å². The van der Waals surface area contributed by atoms with Crippen molar-refractivity contribution < 1.29 is 14.0 Å². The Morgan fingerprint density at radius 1 is 1.35 bits per heavy atom. The van der Waals surface area contributed by atoms with Gasteiger partial charge in [0.25, 0.3) is 5.89 Å². The van der Waals surface area contributed by atoms with Crippen LogP contribution < -0.4 is 0 Å². The molecule has 0 bridgehead atoms. The number of rotatable bonds is 4. The first-order chi connectivity index (χ1) is 9.74. The van der Waals surface area contributed by atoms with E-state index < -0.39 is 5.82 Å². The molecule has 0 aliphatic heterocycles. The lowest BCUT2D eigenvalue weighted by Crippen LogP contribution is -1.96. The van der Waals surface area contributed by atoms with Gasteiger partial charge in [-0.3, -0.25) is 0 Å². The molecule has 4 nitrogen and oxygen atoms in total. The van der Waals surface area contributed by atoms with Crippen molar-refractivity contribution in [3.63, 3.8) is 0 Å². The van der Waals surface area contributed by atoms with Crippen molar-refractivity contribution >= 4 is 11.8 Å². The van der Waals surface area contributed by atoms with E-state index in [1.165, 1.54) is 43.9 Å². The Hall–Kier alpha value is -1.56. The Kier molecular flexibility index (Phi) is 3.91. The van der Waals surface area contributed by atoms with Crippen LogP contribution >= 0.6 is 11.8 Å². The van der Waals surface area contributed by atoms with Gasteiger partial charge in [0.15, 0.2) is 5.82 Å². The van der Waals surface area contributed by atoms with Crippen LogP contribution in [0.1, 0.15) is 31.5 Å². The lowest BCUT2D eigenvalue weighted by Gasteiger charge is -2.04. The molecule has 1 N–H and O–H groups in total. The summed E-state index contributed by atoms with van der Waals surface area (Å²) in [7, 11) is 0. The molecule has 1 aliphatic rings. The molecule has 1 aromatic carbocycles. The summed E-state index contributed by atoms with van der Waals surface area (Å²) >= 11 is 1.81. The molecule has 6 heteroatoms. The van der Waals surface area contributed by atoms with Crippen LogP contribution in [0.4, 0.5) is 4.39 Å². The Balaban J connectivity index is 1.73. The van der Waals surface area contributed by atoms with Gasteiger partial charge < -0.3 is 9.63 Å². The number of hydrogen-bond donors (Lipinski definition) is 1. The van der Waals surface area contributed by atoms with Gasteiger partial charge in [0.05, 0.1) is 5.75 Å². The first-order valence-electron chi connectivity index (χ1n) is 6.66. The second-order valence-corrected chi connectivity index (χ2v) is 6.16. The maximum absolute atomic E-state index is 13.7. The maximum Gasteiger partial charge on any atom is 0.264 e. The Morgan fingerprint density at radius 2 is 2.15 bits per heavy atom. The van der Waals surface area contributed by atoms with Crippen LogP contribution in [0.5, 0.6) is 5.75 Å². The monoisotopic (exact) mass is 294 g/mol. The number of hydrogen-bond acceptors (Lipinski definition) is 5. The fourth-order valence-corrected chi connectivity index (χ4v) is 3.55. The molecule has 1 aliphatic carbocycles. The minimum atomic E-state index is -0.566. The van der Waals surface area contributed by atoms with Crippen molar-refractivity contribution in [2.75, 3.05) is 0 Å². The van der Waals surface area contributed by atoms with Crippen LogP contribution in [0.2, 0.25) is 0 Å².